The lowest BCUT2D eigenvalue weighted by atomic mass is 9.90. The second kappa shape index (κ2) is 5.01. The van der Waals surface area contributed by atoms with Gasteiger partial charge < -0.3 is 5.11 Å². The maximum atomic E-state index is 11.3. The second-order valence-corrected chi connectivity index (χ2v) is 6.77. The molecule has 0 atom stereocenters. The van der Waals surface area contributed by atoms with Crippen LogP contribution < -0.4 is 0 Å². The van der Waals surface area contributed by atoms with Crippen LogP contribution in [0, 0.1) is 0 Å². The molecule has 5 nitrogen and oxygen atoms in total. The van der Waals surface area contributed by atoms with Crippen molar-refractivity contribution in [2.45, 2.75) is 39.5 Å². The van der Waals surface area contributed by atoms with Crippen molar-refractivity contribution in [3.8, 4) is 10.6 Å². The zero-order valence-corrected chi connectivity index (χ0v) is 13.2. The molecule has 0 aromatic carbocycles. The van der Waals surface area contributed by atoms with E-state index in [9.17, 15) is 9.90 Å². The molecule has 0 aliphatic carbocycles. The van der Waals surface area contributed by atoms with Crippen molar-refractivity contribution in [3.63, 3.8) is 0 Å². The van der Waals surface area contributed by atoms with Gasteiger partial charge in [-0.1, -0.05) is 27.7 Å². The van der Waals surface area contributed by atoms with E-state index >= 15 is 0 Å². The van der Waals surface area contributed by atoms with Gasteiger partial charge in [0.05, 0.1) is 17.0 Å². The van der Waals surface area contributed by atoms with Crippen molar-refractivity contribution in [2.24, 2.45) is 7.05 Å². The van der Waals surface area contributed by atoms with Crippen LogP contribution in [0.1, 0.15) is 48.8 Å². The number of hydrogen-bond donors (Lipinski definition) is 1. The molecule has 0 aliphatic heterocycles. The molecule has 108 valence electrons. The molecule has 0 bridgehead atoms. The minimum absolute atomic E-state index is 0.113. The minimum atomic E-state index is -0.910. The molecule has 0 amide bonds. The quantitative estimate of drug-likeness (QED) is 0.944. The van der Waals surface area contributed by atoms with Crippen LogP contribution in [0.3, 0.4) is 0 Å². The number of nitrogens with zero attached hydrogens (tertiary/aromatic N) is 3. The van der Waals surface area contributed by atoms with Gasteiger partial charge in [-0.25, -0.2) is 9.78 Å². The second-order valence-electron chi connectivity index (χ2n) is 5.77. The number of aromatic nitrogens is 3. The van der Waals surface area contributed by atoms with Crippen molar-refractivity contribution < 1.29 is 9.90 Å². The Balaban J connectivity index is 2.60. The molecular formula is C14H19N3O2S. The van der Waals surface area contributed by atoms with Crippen molar-refractivity contribution in [1.29, 1.82) is 0 Å². The molecule has 0 saturated carbocycles. The fourth-order valence-electron chi connectivity index (χ4n) is 2.07. The van der Waals surface area contributed by atoms with Crippen LogP contribution in [0.5, 0.6) is 0 Å². The molecule has 2 heterocycles. The number of thiazole rings is 1. The summed E-state index contributed by atoms with van der Waals surface area (Å²) in [6.45, 7) is 8.18. The average molecular weight is 293 g/mol. The molecule has 0 fully saturated rings. The number of carboxylic acids is 1. The fraction of sp³-hybridized carbons (Fsp3) is 0.500. The topological polar surface area (TPSA) is 68.0 Å². The molecule has 2 aromatic rings. The third-order valence-corrected chi connectivity index (χ3v) is 4.12. The van der Waals surface area contributed by atoms with Crippen LogP contribution >= 0.6 is 11.3 Å². The lowest BCUT2D eigenvalue weighted by molar-refractivity contribution is 0.0701. The Morgan fingerprint density at radius 2 is 2.10 bits per heavy atom. The summed E-state index contributed by atoms with van der Waals surface area (Å²) in [4.78, 5) is 16.1. The zero-order chi connectivity index (χ0) is 15.1. The van der Waals surface area contributed by atoms with Crippen molar-refractivity contribution in [3.05, 3.63) is 22.5 Å². The molecule has 1 N–H and O–H groups in total. The van der Waals surface area contributed by atoms with Crippen LogP contribution in [-0.2, 0) is 18.9 Å². The molecule has 0 radical (unpaired) electrons. The molecular weight excluding hydrogens is 274 g/mol. The van der Waals surface area contributed by atoms with E-state index in [4.69, 9.17) is 0 Å². The summed E-state index contributed by atoms with van der Waals surface area (Å²) in [5.41, 5.74) is 2.39. The van der Waals surface area contributed by atoms with E-state index < -0.39 is 5.97 Å². The number of rotatable bonds is 3. The summed E-state index contributed by atoms with van der Waals surface area (Å²) in [6.07, 6.45) is 2.52. The smallest absolute Gasteiger partial charge is 0.347 e. The number of aryl methyl sites for hydroxylation is 2. The standard InChI is InChI=1S/C14H19N3O2S/c1-6-9-10(13(18)19)20-12(15-9)8-7-17(5)16-11(8)14(2,3)4/h7H,6H2,1-5H3,(H,18,19). The van der Waals surface area contributed by atoms with Gasteiger partial charge in [0.1, 0.15) is 9.88 Å². The Labute approximate surface area is 122 Å². The molecule has 0 aliphatic rings. The number of carboxylic acid groups (broad SMARTS) is 1. The highest BCUT2D eigenvalue weighted by Crippen LogP contribution is 2.35. The van der Waals surface area contributed by atoms with E-state index in [1.54, 1.807) is 4.68 Å². The third kappa shape index (κ3) is 2.60. The summed E-state index contributed by atoms with van der Waals surface area (Å²) < 4.78 is 1.75. The molecule has 0 spiro atoms. The first kappa shape index (κ1) is 14.7. The number of hydrogen-bond acceptors (Lipinski definition) is 4. The Kier molecular flexibility index (Phi) is 3.69. The SMILES string of the molecule is CCc1nc(-c2cn(C)nc2C(C)(C)C)sc1C(=O)O. The van der Waals surface area contributed by atoms with Crippen LogP contribution in [0.2, 0.25) is 0 Å². The van der Waals surface area contributed by atoms with E-state index in [1.165, 1.54) is 11.3 Å². The van der Waals surface area contributed by atoms with E-state index in [0.29, 0.717) is 17.0 Å². The van der Waals surface area contributed by atoms with Gasteiger partial charge >= 0.3 is 5.97 Å². The highest BCUT2D eigenvalue weighted by Gasteiger charge is 2.26. The van der Waals surface area contributed by atoms with Gasteiger partial charge in [-0.15, -0.1) is 11.3 Å². The van der Waals surface area contributed by atoms with Crippen LogP contribution in [0.15, 0.2) is 6.20 Å². The predicted molar refractivity (Wildman–Crippen MR) is 79.4 cm³/mol. The van der Waals surface area contributed by atoms with Gasteiger partial charge in [0.15, 0.2) is 0 Å². The molecule has 6 heteroatoms. The van der Waals surface area contributed by atoms with Crippen LogP contribution in [0.4, 0.5) is 0 Å². The number of carbonyl (C=O) groups is 1. The van der Waals surface area contributed by atoms with Crippen molar-refractivity contribution in [1.82, 2.24) is 14.8 Å². The van der Waals surface area contributed by atoms with Gasteiger partial charge in [0, 0.05) is 18.7 Å². The van der Waals surface area contributed by atoms with Gasteiger partial charge in [-0.3, -0.25) is 4.68 Å². The maximum absolute atomic E-state index is 11.3. The minimum Gasteiger partial charge on any atom is -0.477 e. The lowest BCUT2D eigenvalue weighted by Gasteiger charge is -2.16. The summed E-state index contributed by atoms with van der Waals surface area (Å²) >= 11 is 1.22. The Morgan fingerprint density at radius 1 is 1.45 bits per heavy atom. The predicted octanol–water partition coefficient (Wildman–Crippen LogP) is 3.10. The largest absolute Gasteiger partial charge is 0.477 e. The molecule has 0 unspecified atom stereocenters. The first-order valence-electron chi connectivity index (χ1n) is 6.51. The van der Waals surface area contributed by atoms with Gasteiger partial charge in [-0.05, 0) is 6.42 Å². The molecule has 2 aromatic heterocycles. The van der Waals surface area contributed by atoms with Crippen LogP contribution in [-0.4, -0.2) is 25.8 Å². The maximum Gasteiger partial charge on any atom is 0.347 e. The zero-order valence-electron chi connectivity index (χ0n) is 12.4. The highest BCUT2D eigenvalue weighted by atomic mass is 32.1. The summed E-state index contributed by atoms with van der Waals surface area (Å²) in [5, 5.41) is 14.5. The normalized spacial score (nSPS) is 11.8. The van der Waals surface area contributed by atoms with E-state index in [0.717, 1.165) is 16.3 Å². The Hall–Kier alpha value is -1.69. The molecule has 2 rings (SSSR count). The molecule has 20 heavy (non-hydrogen) atoms. The summed E-state index contributed by atoms with van der Waals surface area (Å²) in [6, 6.07) is 0. The molecule has 0 saturated heterocycles. The van der Waals surface area contributed by atoms with E-state index in [2.05, 4.69) is 30.9 Å². The van der Waals surface area contributed by atoms with Gasteiger partial charge in [0.2, 0.25) is 0 Å². The summed E-state index contributed by atoms with van der Waals surface area (Å²) in [5.74, 6) is -0.910. The third-order valence-electron chi connectivity index (χ3n) is 3.00. The lowest BCUT2D eigenvalue weighted by Crippen LogP contribution is -2.13. The van der Waals surface area contributed by atoms with Crippen molar-refractivity contribution >= 4 is 17.3 Å². The van der Waals surface area contributed by atoms with E-state index in [-0.39, 0.29) is 5.41 Å². The average Bonchev–Trinajstić information content (AvgIpc) is 2.90. The van der Waals surface area contributed by atoms with Crippen molar-refractivity contribution in [2.75, 3.05) is 0 Å². The monoisotopic (exact) mass is 293 g/mol. The first-order chi connectivity index (χ1) is 9.24. The van der Waals surface area contributed by atoms with Gasteiger partial charge in [0.25, 0.3) is 0 Å². The first-order valence-corrected chi connectivity index (χ1v) is 7.33. The highest BCUT2D eigenvalue weighted by molar-refractivity contribution is 7.17. The van der Waals surface area contributed by atoms with Crippen LogP contribution in [0.25, 0.3) is 10.6 Å². The van der Waals surface area contributed by atoms with Gasteiger partial charge in [-0.2, -0.15) is 5.10 Å². The number of aromatic carboxylic acids is 1. The Morgan fingerprint density at radius 3 is 2.55 bits per heavy atom. The fourth-order valence-corrected chi connectivity index (χ4v) is 3.08. The Bertz CT molecular complexity index is 650. The summed E-state index contributed by atoms with van der Waals surface area (Å²) in [7, 11) is 1.87. The van der Waals surface area contributed by atoms with E-state index in [1.807, 2.05) is 20.2 Å².